The SMILES string of the molecule is Cc1ccsc1C(C)NCC(CC(C)C)N1CCOCC1. The Morgan fingerprint density at radius 3 is 2.57 bits per heavy atom. The van der Waals surface area contributed by atoms with Crippen LogP contribution in [0.1, 0.15) is 43.7 Å². The fourth-order valence-corrected chi connectivity index (χ4v) is 4.04. The van der Waals surface area contributed by atoms with E-state index in [0.29, 0.717) is 12.1 Å². The van der Waals surface area contributed by atoms with Crippen molar-refractivity contribution in [1.29, 1.82) is 0 Å². The first kappa shape index (κ1) is 16.9. The maximum atomic E-state index is 5.49. The van der Waals surface area contributed by atoms with E-state index in [1.807, 2.05) is 11.3 Å². The number of rotatable bonds is 7. The molecule has 0 spiro atoms. The van der Waals surface area contributed by atoms with Crippen molar-refractivity contribution in [3.63, 3.8) is 0 Å². The second kappa shape index (κ2) is 8.28. The van der Waals surface area contributed by atoms with Crippen molar-refractivity contribution < 1.29 is 4.74 Å². The van der Waals surface area contributed by atoms with E-state index in [-0.39, 0.29) is 0 Å². The smallest absolute Gasteiger partial charge is 0.0594 e. The lowest BCUT2D eigenvalue weighted by Crippen LogP contribution is -2.48. The summed E-state index contributed by atoms with van der Waals surface area (Å²) < 4.78 is 5.49. The van der Waals surface area contributed by atoms with Gasteiger partial charge in [0.2, 0.25) is 0 Å². The number of ether oxygens (including phenoxy) is 1. The Morgan fingerprint density at radius 2 is 2.00 bits per heavy atom. The normalized spacial score (nSPS) is 19.9. The minimum Gasteiger partial charge on any atom is -0.379 e. The van der Waals surface area contributed by atoms with Crippen molar-refractivity contribution in [2.75, 3.05) is 32.8 Å². The Bertz CT molecular complexity index is 413. The van der Waals surface area contributed by atoms with Gasteiger partial charge in [-0.15, -0.1) is 11.3 Å². The number of aryl methyl sites for hydroxylation is 1. The number of nitrogens with zero attached hydrogens (tertiary/aromatic N) is 1. The minimum atomic E-state index is 0.445. The van der Waals surface area contributed by atoms with Crippen molar-refractivity contribution in [3.05, 3.63) is 21.9 Å². The maximum absolute atomic E-state index is 5.49. The molecule has 2 heterocycles. The number of hydrogen-bond acceptors (Lipinski definition) is 4. The van der Waals surface area contributed by atoms with Gasteiger partial charge >= 0.3 is 0 Å². The van der Waals surface area contributed by atoms with Crippen LogP contribution in [0.4, 0.5) is 0 Å². The van der Waals surface area contributed by atoms with Gasteiger partial charge < -0.3 is 10.1 Å². The summed E-state index contributed by atoms with van der Waals surface area (Å²) in [5.41, 5.74) is 1.41. The highest BCUT2D eigenvalue weighted by Crippen LogP contribution is 2.24. The van der Waals surface area contributed by atoms with Crippen LogP contribution in [0.2, 0.25) is 0 Å². The summed E-state index contributed by atoms with van der Waals surface area (Å²) >= 11 is 1.86. The minimum absolute atomic E-state index is 0.445. The first-order chi connectivity index (χ1) is 10.1. The molecule has 2 atom stereocenters. The van der Waals surface area contributed by atoms with E-state index in [9.17, 15) is 0 Å². The zero-order chi connectivity index (χ0) is 15.2. The third kappa shape index (κ3) is 5.06. The van der Waals surface area contributed by atoms with E-state index in [0.717, 1.165) is 38.8 Å². The monoisotopic (exact) mass is 310 g/mol. The summed E-state index contributed by atoms with van der Waals surface area (Å²) in [6.07, 6.45) is 1.25. The third-order valence-electron chi connectivity index (χ3n) is 4.26. The second-order valence-corrected chi connectivity index (χ2v) is 7.48. The summed E-state index contributed by atoms with van der Waals surface area (Å²) in [5, 5.41) is 5.95. The van der Waals surface area contributed by atoms with Crippen molar-refractivity contribution in [3.8, 4) is 0 Å². The summed E-state index contributed by atoms with van der Waals surface area (Å²) in [4.78, 5) is 4.07. The van der Waals surface area contributed by atoms with E-state index in [4.69, 9.17) is 4.74 Å². The fourth-order valence-electron chi connectivity index (χ4n) is 3.08. The van der Waals surface area contributed by atoms with Crippen LogP contribution in [-0.2, 0) is 4.74 Å². The summed E-state index contributed by atoms with van der Waals surface area (Å²) in [6, 6.07) is 3.28. The molecule has 1 fully saturated rings. The van der Waals surface area contributed by atoms with E-state index >= 15 is 0 Å². The Hall–Kier alpha value is -0.420. The van der Waals surface area contributed by atoms with Gasteiger partial charge in [0.1, 0.15) is 0 Å². The molecule has 1 aromatic rings. The Morgan fingerprint density at radius 1 is 1.29 bits per heavy atom. The van der Waals surface area contributed by atoms with Crippen LogP contribution in [0.15, 0.2) is 11.4 Å². The fraction of sp³-hybridized carbons (Fsp3) is 0.765. The van der Waals surface area contributed by atoms with E-state index in [2.05, 4.69) is 49.4 Å². The summed E-state index contributed by atoms with van der Waals surface area (Å²) in [6.45, 7) is 14.1. The maximum Gasteiger partial charge on any atom is 0.0594 e. The van der Waals surface area contributed by atoms with Gasteiger partial charge in [0.25, 0.3) is 0 Å². The standard InChI is InChI=1S/C17H30N2OS/c1-13(2)11-16(19-6-8-20-9-7-19)12-18-15(4)17-14(3)5-10-21-17/h5,10,13,15-16,18H,6-9,11-12H2,1-4H3. The molecule has 1 N–H and O–H groups in total. The molecule has 2 unspecified atom stereocenters. The van der Waals surface area contributed by atoms with Crippen LogP contribution in [0.3, 0.4) is 0 Å². The highest BCUT2D eigenvalue weighted by molar-refractivity contribution is 7.10. The molecule has 1 aliphatic heterocycles. The lowest BCUT2D eigenvalue weighted by Gasteiger charge is -2.36. The lowest BCUT2D eigenvalue weighted by atomic mass is 10.0. The molecule has 120 valence electrons. The average Bonchev–Trinajstić information content (AvgIpc) is 2.90. The van der Waals surface area contributed by atoms with Gasteiger partial charge in [-0.2, -0.15) is 0 Å². The van der Waals surface area contributed by atoms with Gasteiger partial charge in [-0.3, -0.25) is 4.90 Å². The molecule has 2 rings (SSSR count). The molecule has 1 saturated heterocycles. The molecule has 0 aliphatic carbocycles. The first-order valence-corrected chi connectivity index (χ1v) is 9.05. The molecule has 0 radical (unpaired) electrons. The topological polar surface area (TPSA) is 24.5 Å². The number of morpholine rings is 1. The van der Waals surface area contributed by atoms with Crippen molar-refractivity contribution in [1.82, 2.24) is 10.2 Å². The Labute approximate surface area is 133 Å². The van der Waals surface area contributed by atoms with Gasteiger partial charge in [0.15, 0.2) is 0 Å². The number of hydrogen-bond donors (Lipinski definition) is 1. The predicted molar refractivity (Wildman–Crippen MR) is 91.1 cm³/mol. The van der Waals surface area contributed by atoms with Crippen molar-refractivity contribution >= 4 is 11.3 Å². The molecule has 3 nitrogen and oxygen atoms in total. The van der Waals surface area contributed by atoms with Crippen LogP contribution in [-0.4, -0.2) is 43.8 Å². The molecule has 0 saturated carbocycles. The molecule has 1 aliphatic rings. The third-order valence-corrected chi connectivity index (χ3v) is 5.46. The summed E-state index contributed by atoms with van der Waals surface area (Å²) in [5.74, 6) is 0.735. The number of thiophene rings is 1. The van der Waals surface area contributed by atoms with E-state index in [1.54, 1.807) is 0 Å². The van der Waals surface area contributed by atoms with Gasteiger partial charge in [-0.25, -0.2) is 0 Å². The van der Waals surface area contributed by atoms with Gasteiger partial charge in [-0.05, 0) is 43.2 Å². The molecular weight excluding hydrogens is 280 g/mol. The van der Waals surface area contributed by atoms with Crippen LogP contribution in [0, 0.1) is 12.8 Å². The van der Waals surface area contributed by atoms with E-state index in [1.165, 1.54) is 16.9 Å². The quantitative estimate of drug-likeness (QED) is 0.835. The first-order valence-electron chi connectivity index (χ1n) is 8.17. The molecule has 4 heteroatoms. The highest BCUT2D eigenvalue weighted by Gasteiger charge is 2.22. The lowest BCUT2D eigenvalue weighted by molar-refractivity contribution is 0.0119. The van der Waals surface area contributed by atoms with Crippen LogP contribution >= 0.6 is 11.3 Å². The van der Waals surface area contributed by atoms with Gasteiger partial charge in [0, 0.05) is 36.6 Å². The Balaban J connectivity index is 1.90. The van der Waals surface area contributed by atoms with Crippen LogP contribution in [0.5, 0.6) is 0 Å². The second-order valence-electron chi connectivity index (χ2n) is 6.53. The summed E-state index contributed by atoms with van der Waals surface area (Å²) in [7, 11) is 0. The number of nitrogens with one attached hydrogen (secondary N) is 1. The predicted octanol–water partition coefficient (Wildman–Crippen LogP) is 3.45. The highest BCUT2D eigenvalue weighted by atomic mass is 32.1. The molecule has 1 aromatic heterocycles. The Kier molecular flexibility index (Phi) is 6.68. The van der Waals surface area contributed by atoms with E-state index < -0.39 is 0 Å². The van der Waals surface area contributed by atoms with Gasteiger partial charge in [0.05, 0.1) is 13.2 Å². The molecule has 0 bridgehead atoms. The van der Waals surface area contributed by atoms with Gasteiger partial charge in [-0.1, -0.05) is 13.8 Å². The molecule has 21 heavy (non-hydrogen) atoms. The average molecular weight is 311 g/mol. The molecular formula is C17H30N2OS. The van der Waals surface area contributed by atoms with Crippen molar-refractivity contribution in [2.24, 2.45) is 5.92 Å². The molecule has 0 amide bonds. The largest absolute Gasteiger partial charge is 0.379 e. The van der Waals surface area contributed by atoms with Crippen LogP contribution in [0.25, 0.3) is 0 Å². The van der Waals surface area contributed by atoms with Crippen molar-refractivity contribution in [2.45, 2.75) is 46.2 Å². The zero-order valence-electron chi connectivity index (χ0n) is 13.9. The zero-order valence-corrected chi connectivity index (χ0v) is 14.7. The molecule has 0 aromatic carbocycles. The van der Waals surface area contributed by atoms with Crippen LogP contribution < -0.4 is 5.32 Å².